The van der Waals surface area contributed by atoms with Gasteiger partial charge in [-0.25, -0.2) is 4.79 Å². The number of rotatable bonds is 5. The normalized spacial score (nSPS) is 16.1. The van der Waals surface area contributed by atoms with Gasteiger partial charge in [-0.1, -0.05) is 6.07 Å². The third-order valence-corrected chi connectivity index (χ3v) is 3.18. The first-order valence-electron chi connectivity index (χ1n) is 6.52. The van der Waals surface area contributed by atoms with Gasteiger partial charge in [0, 0.05) is 0 Å². The number of methoxy groups -OCH3 is 1. The summed E-state index contributed by atoms with van der Waals surface area (Å²) in [4.78, 5) is 12.9. The van der Waals surface area contributed by atoms with Crippen molar-refractivity contribution in [3.63, 3.8) is 0 Å². The Morgan fingerprint density at radius 3 is 2.89 bits per heavy atom. The first-order valence-corrected chi connectivity index (χ1v) is 6.52. The molecule has 0 radical (unpaired) electrons. The number of ether oxygens (including phenoxy) is 3. The molecule has 1 aliphatic rings. The molecule has 0 atom stereocenters. The number of quaternary nitrogens is 1. The van der Waals surface area contributed by atoms with Gasteiger partial charge in [-0.05, 0) is 18.2 Å². The van der Waals surface area contributed by atoms with Gasteiger partial charge in [0.2, 0.25) is 0 Å². The highest BCUT2D eigenvalue weighted by Gasteiger charge is 2.13. The Labute approximate surface area is 113 Å². The van der Waals surface area contributed by atoms with Crippen LogP contribution in [-0.2, 0) is 9.47 Å². The summed E-state index contributed by atoms with van der Waals surface area (Å²) in [5, 5.41) is 0. The second kappa shape index (κ2) is 7.11. The van der Waals surface area contributed by atoms with E-state index in [4.69, 9.17) is 9.47 Å². The van der Waals surface area contributed by atoms with Crippen molar-refractivity contribution in [2.75, 3.05) is 46.6 Å². The molecule has 19 heavy (non-hydrogen) atoms. The first-order chi connectivity index (χ1) is 9.29. The van der Waals surface area contributed by atoms with Crippen LogP contribution in [0.25, 0.3) is 0 Å². The lowest BCUT2D eigenvalue weighted by Gasteiger charge is -2.23. The molecule has 1 N–H and O–H groups in total. The second-order valence-electron chi connectivity index (χ2n) is 4.48. The van der Waals surface area contributed by atoms with E-state index in [2.05, 4.69) is 4.74 Å². The van der Waals surface area contributed by atoms with Crippen molar-refractivity contribution in [3.8, 4) is 5.75 Å². The number of benzene rings is 1. The lowest BCUT2D eigenvalue weighted by molar-refractivity contribution is -0.908. The summed E-state index contributed by atoms with van der Waals surface area (Å²) in [6.45, 7) is 5.31. The van der Waals surface area contributed by atoms with Crippen molar-refractivity contribution < 1.29 is 23.9 Å². The molecule has 0 amide bonds. The van der Waals surface area contributed by atoms with Crippen LogP contribution in [-0.4, -0.2) is 52.5 Å². The maximum Gasteiger partial charge on any atom is 0.337 e. The Morgan fingerprint density at radius 2 is 2.16 bits per heavy atom. The van der Waals surface area contributed by atoms with E-state index in [9.17, 15) is 4.79 Å². The van der Waals surface area contributed by atoms with Gasteiger partial charge in [0.15, 0.2) is 0 Å². The number of esters is 1. The monoisotopic (exact) mass is 266 g/mol. The maximum atomic E-state index is 11.4. The molecule has 104 valence electrons. The van der Waals surface area contributed by atoms with Crippen LogP contribution in [0.15, 0.2) is 24.3 Å². The van der Waals surface area contributed by atoms with Crippen LogP contribution in [0.3, 0.4) is 0 Å². The van der Waals surface area contributed by atoms with E-state index in [0.29, 0.717) is 17.9 Å². The number of carbonyl (C=O) groups is 1. The Hall–Kier alpha value is -1.59. The van der Waals surface area contributed by atoms with Crippen LogP contribution in [0.4, 0.5) is 0 Å². The van der Waals surface area contributed by atoms with E-state index >= 15 is 0 Å². The van der Waals surface area contributed by atoms with Gasteiger partial charge in [-0.15, -0.1) is 0 Å². The molecule has 0 bridgehead atoms. The number of morpholine rings is 1. The van der Waals surface area contributed by atoms with Crippen LogP contribution in [0.1, 0.15) is 10.4 Å². The molecule has 1 saturated heterocycles. The van der Waals surface area contributed by atoms with Crippen LogP contribution in [0, 0.1) is 0 Å². The fourth-order valence-corrected chi connectivity index (χ4v) is 2.05. The van der Waals surface area contributed by atoms with Crippen LogP contribution < -0.4 is 9.64 Å². The van der Waals surface area contributed by atoms with E-state index < -0.39 is 0 Å². The second-order valence-corrected chi connectivity index (χ2v) is 4.48. The smallest absolute Gasteiger partial charge is 0.337 e. The molecule has 5 heteroatoms. The van der Waals surface area contributed by atoms with Crippen LogP contribution >= 0.6 is 0 Å². The summed E-state index contributed by atoms with van der Waals surface area (Å²) >= 11 is 0. The summed E-state index contributed by atoms with van der Waals surface area (Å²) in [7, 11) is 1.37. The zero-order chi connectivity index (χ0) is 13.5. The van der Waals surface area contributed by atoms with E-state index in [1.54, 1.807) is 18.2 Å². The minimum atomic E-state index is -0.343. The average molecular weight is 266 g/mol. The van der Waals surface area contributed by atoms with Gasteiger partial charge in [-0.2, -0.15) is 0 Å². The molecule has 2 rings (SSSR count). The quantitative estimate of drug-likeness (QED) is 0.748. The predicted octanol–water partition coefficient (Wildman–Crippen LogP) is -0.233. The predicted molar refractivity (Wildman–Crippen MR) is 69.7 cm³/mol. The standard InChI is InChI=1S/C14H19NO4/c1-17-14(16)12-3-2-4-13(11-12)19-10-7-15-5-8-18-9-6-15/h2-4,11H,5-10H2,1H3/p+1. The van der Waals surface area contributed by atoms with E-state index in [1.165, 1.54) is 12.0 Å². The highest BCUT2D eigenvalue weighted by atomic mass is 16.5. The molecule has 1 aromatic carbocycles. The molecule has 0 saturated carbocycles. The molecule has 0 aliphatic carbocycles. The summed E-state index contributed by atoms with van der Waals surface area (Å²) in [6.07, 6.45) is 0. The van der Waals surface area contributed by atoms with E-state index in [0.717, 1.165) is 32.8 Å². The lowest BCUT2D eigenvalue weighted by atomic mass is 10.2. The van der Waals surface area contributed by atoms with Gasteiger partial charge in [0.25, 0.3) is 0 Å². The SMILES string of the molecule is COC(=O)c1cccc(OCC[NH+]2CCOCC2)c1. The highest BCUT2D eigenvalue weighted by Crippen LogP contribution is 2.13. The molecule has 0 aromatic heterocycles. The topological polar surface area (TPSA) is 49.2 Å². The minimum absolute atomic E-state index is 0.343. The number of hydrogen-bond donors (Lipinski definition) is 1. The van der Waals surface area contributed by atoms with Gasteiger partial charge >= 0.3 is 5.97 Å². The number of hydrogen-bond acceptors (Lipinski definition) is 4. The molecule has 1 fully saturated rings. The average Bonchev–Trinajstić information content (AvgIpc) is 2.48. The minimum Gasteiger partial charge on any atom is -0.488 e. The fraction of sp³-hybridized carbons (Fsp3) is 0.500. The van der Waals surface area contributed by atoms with Crippen molar-refractivity contribution in [1.82, 2.24) is 0 Å². The number of nitrogens with one attached hydrogen (secondary N) is 1. The van der Waals surface area contributed by atoms with Crippen molar-refractivity contribution >= 4 is 5.97 Å². The maximum absolute atomic E-state index is 11.4. The van der Waals surface area contributed by atoms with Crippen molar-refractivity contribution in [3.05, 3.63) is 29.8 Å². The summed E-state index contributed by atoms with van der Waals surface area (Å²) in [5.41, 5.74) is 0.513. The summed E-state index contributed by atoms with van der Waals surface area (Å²) in [6, 6.07) is 7.07. The first kappa shape index (κ1) is 13.8. The summed E-state index contributed by atoms with van der Waals surface area (Å²) < 4.78 is 15.7. The Bertz CT molecular complexity index is 416. The summed E-state index contributed by atoms with van der Waals surface area (Å²) in [5.74, 6) is 0.361. The Balaban J connectivity index is 1.80. The fourth-order valence-electron chi connectivity index (χ4n) is 2.05. The molecular formula is C14H20NO4+. The zero-order valence-electron chi connectivity index (χ0n) is 11.2. The van der Waals surface area contributed by atoms with Crippen molar-refractivity contribution in [2.24, 2.45) is 0 Å². The van der Waals surface area contributed by atoms with Gasteiger partial charge in [0.05, 0.1) is 25.9 Å². The van der Waals surface area contributed by atoms with Crippen molar-refractivity contribution in [1.29, 1.82) is 0 Å². The molecule has 0 spiro atoms. The molecule has 1 aromatic rings. The Kier molecular flexibility index (Phi) is 5.18. The Morgan fingerprint density at radius 1 is 1.37 bits per heavy atom. The lowest BCUT2D eigenvalue weighted by Crippen LogP contribution is -3.14. The third-order valence-electron chi connectivity index (χ3n) is 3.18. The van der Waals surface area contributed by atoms with Crippen LogP contribution in [0.2, 0.25) is 0 Å². The molecule has 5 nitrogen and oxygen atoms in total. The zero-order valence-corrected chi connectivity index (χ0v) is 11.2. The molecular weight excluding hydrogens is 246 g/mol. The van der Waals surface area contributed by atoms with Gasteiger partial charge in [-0.3, -0.25) is 0 Å². The van der Waals surface area contributed by atoms with Crippen molar-refractivity contribution in [2.45, 2.75) is 0 Å². The van der Waals surface area contributed by atoms with E-state index in [1.807, 2.05) is 6.07 Å². The number of carbonyl (C=O) groups excluding carboxylic acids is 1. The van der Waals surface area contributed by atoms with Gasteiger partial charge in [0.1, 0.15) is 32.0 Å². The molecule has 0 unspecified atom stereocenters. The largest absolute Gasteiger partial charge is 0.488 e. The highest BCUT2D eigenvalue weighted by molar-refractivity contribution is 5.89. The molecule has 1 aliphatic heterocycles. The van der Waals surface area contributed by atoms with Crippen LogP contribution in [0.5, 0.6) is 5.75 Å². The third kappa shape index (κ3) is 4.22. The van der Waals surface area contributed by atoms with Gasteiger partial charge < -0.3 is 19.1 Å². The molecule has 1 heterocycles. The van der Waals surface area contributed by atoms with E-state index in [-0.39, 0.29) is 5.97 Å².